The third kappa shape index (κ3) is 1.86. The van der Waals surface area contributed by atoms with E-state index < -0.39 is 0 Å². The van der Waals surface area contributed by atoms with Crippen LogP contribution in [0.15, 0.2) is 103 Å². The van der Waals surface area contributed by atoms with E-state index in [9.17, 15) is 0 Å². The lowest BCUT2D eigenvalue weighted by Gasteiger charge is -2.11. The first-order chi connectivity index (χ1) is 15.9. The fourth-order valence-electron chi connectivity index (χ4n) is 5.83. The highest BCUT2D eigenvalue weighted by atomic mass is 15.0. The van der Waals surface area contributed by atoms with Crippen LogP contribution in [0, 0.1) is 0 Å². The summed E-state index contributed by atoms with van der Waals surface area (Å²) in [5.74, 6) is 0. The summed E-state index contributed by atoms with van der Waals surface area (Å²) in [6, 6.07) is 37.4. The molecule has 1 aliphatic rings. The van der Waals surface area contributed by atoms with Gasteiger partial charge in [-0.2, -0.15) is 0 Å². The lowest BCUT2D eigenvalue weighted by molar-refractivity contribution is 1.20. The van der Waals surface area contributed by atoms with Gasteiger partial charge < -0.3 is 9.55 Å². The van der Waals surface area contributed by atoms with Gasteiger partial charge in [-0.15, -0.1) is 0 Å². The molecule has 0 saturated carbocycles. The number of aromatic nitrogens is 2. The van der Waals surface area contributed by atoms with Gasteiger partial charge >= 0.3 is 0 Å². The predicted octanol–water partition coefficient (Wildman–Crippen LogP) is 8.07. The van der Waals surface area contributed by atoms with Gasteiger partial charge in [0, 0.05) is 32.8 Å². The molecule has 0 fully saturated rings. The molecule has 2 heteroatoms. The molecule has 0 saturated heterocycles. The van der Waals surface area contributed by atoms with Gasteiger partial charge in [0.2, 0.25) is 0 Å². The zero-order valence-electron chi connectivity index (χ0n) is 17.3. The van der Waals surface area contributed by atoms with Gasteiger partial charge in [0.15, 0.2) is 0 Å². The molecule has 2 aromatic heterocycles. The minimum Gasteiger partial charge on any atom is -0.354 e. The molecule has 8 rings (SSSR count). The van der Waals surface area contributed by atoms with E-state index >= 15 is 0 Å². The Bertz CT molecular complexity index is 1820. The second kappa shape index (κ2) is 5.68. The van der Waals surface area contributed by atoms with E-state index in [4.69, 9.17) is 0 Å². The summed E-state index contributed by atoms with van der Waals surface area (Å²) < 4.78 is 2.43. The van der Waals surface area contributed by atoms with E-state index in [2.05, 4.69) is 113 Å². The van der Waals surface area contributed by atoms with Crippen molar-refractivity contribution < 1.29 is 0 Å². The molecule has 0 bridgehead atoms. The molecule has 2 nitrogen and oxygen atoms in total. The highest BCUT2D eigenvalue weighted by molar-refractivity contribution is 6.23. The number of rotatable bonds is 1. The lowest BCUT2D eigenvalue weighted by atomic mass is 10.0. The summed E-state index contributed by atoms with van der Waals surface area (Å²) in [4.78, 5) is 3.77. The number of hydrogen-bond acceptors (Lipinski definition) is 0. The largest absolute Gasteiger partial charge is 0.354 e. The minimum absolute atomic E-state index is 1.18. The molecule has 1 N–H and O–H groups in total. The highest BCUT2D eigenvalue weighted by Gasteiger charge is 2.27. The van der Waals surface area contributed by atoms with Crippen LogP contribution in [0.25, 0.3) is 71.6 Å². The van der Waals surface area contributed by atoms with Gasteiger partial charge in [-0.05, 0) is 40.6 Å². The number of H-pyrrole nitrogens is 1. The molecule has 0 amide bonds. The van der Waals surface area contributed by atoms with Gasteiger partial charge in [0.1, 0.15) is 0 Å². The summed E-state index contributed by atoms with van der Waals surface area (Å²) in [5.41, 5.74) is 10.1. The standard InChI is InChI=1S/C30H18N2/c1-3-15-24-19(10-1)20-11-2-4-16-25(20)32(24)26-17-7-14-23-29(26)28-21-12-5-8-18-9-6-13-22(27(18)21)30(28)31-23/h1-17,31H. The maximum atomic E-state index is 3.77. The van der Waals surface area contributed by atoms with E-state index in [0.29, 0.717) is 0 Å². The van der Waals surface area contributed by atoms with Gasteiger partial charge in [-0.25, -0.2) is 0 Å². The van der Waals surface area contributed by atoms with Gasteiger partial charge in [-0.1, -0.05) is 78.9 Å². The van der Waals surface area contributed by atoms with Gasteiger partial charge in [-0.3, -0.25) is 0 Å². The van der Waals surface area contributed by atoms with Crippen LogP contribution in [0.5, 0.6) is 0 Å². The van der Waals surface area contributed by atoms with Crippen LogP contribution in [0.2, 0.25) is 0 Å². The molecule has 0 radical (unpaired) electrons. The van der Waals surface area contributed by atoms with Gasteiger partial charge in [0.05, 0.1) is 22.4 Å². The number of aromatic amines is 1. The first-order valence-electron chi connectivity index (χ1n) is 11.1. The summed E-state index contributed by atoms with van der Waals surface area (Å²) in [6.07, 6.45) is 0. The maximum Gasteiger partial charge on any atom is 0.0562 e. The van der Waals surface area contributed by atoms with Crippen molar-refractivity contribution >= 4 is 43.5 Å². The van der Waals surface area contributed by atoms with E-state index in [-0.39, 0.29) is 0 Å². The average Bonchev–Trinajstić information content (AvgIpc) is 3.49. The second-order valence-corrected chi connectivity index (χ2v) is 8.65. The summed E-state index contributed by atoms with van der Waals surface area (Å²) in [7, 11) is 0. The Kier molecular flexibility index (Phi) is 2.91. The Balaban J connectivity index is 1.58. The molecule has 0 atom stereocenters. The quantitative estimate of drug-likeness (QED) is 0.284. The summed E-state index contributed by atoms with van der Waals surface area (Å²) in [6.45, 7) is 0. The average molecular weight is 406 g/mol. The molecule has 0 aliphatic heterocycles. The van der Waals surface area contributed by atoms with Crippen molar-refractivity contribution in [1.29, 1.82) is 0 Å². The van der Waals surface area contributed by atoms with Crippen LogP contribution < -0.4 is 0 Å². The Hall–Kier alpha value is -4.30. The van der Waals surface area contributed by atoms with Crippen LogP contribution in [0.4, 0.5) is 0 Å². The fraction of sp³-hybridized carbons (Fsp3) is 0. The van der Waals surface area contributed by atoms with Crippen molar-refractivity contribution in [2.75, 3.05) is 0 Å². The molecule has 1 aliphatic carbocycles. The zero-order chi connectivity index (χ0) is 20.8. The van der Waals surface area contributed by atoms with E-state index in [1.165, 1.54) is 71.6 Å². The smallest absolute Gasteiger partial charge is 0.0562 e. The number of hydrogen-bond donors (Lipinski definition) is 1. The number of nitrogens with zero attached hydrogens (tertiary/aromatic N) is 1. The Morgan fingerprint density at radius 2 is 1.19 bits per heavy atom. The third-order valence-electron chi connectivity index (χ3n) is 7.07. The van der Waals surface area contributed by atoms with Crippen LogP contribution in [-0.2, 0) is 0 Å². The molecule has 5 aromatic carbocycles. The fourth-order valence-corrected chi connectivity index (χ4v) is 5.83. The number of benzene rings is 5. The van der Waals surface area contributed by atoms with Crippen molar-refractivity contribution in [1.82, 2.24) is 9.55 Å². The monoisotopic (exact) mass is 406 g/mol. The van der Waals surface area contributed by atoms with Crippen LogP contribution in [0.3, 0.4) is 0 Å². The predicted molar refractivity (Wildman–Crippen MR) is 135 cm³/mol. The topological polar surface area (TPSA) is 20.7 Å². The molecule has 2 heterocycles. The normalized spacial score (nSPS) is 12.4. The SMILES string of the molecule is c1cc2c3c(cccc3c1)-c1c-2[nH]c2cccc(-n3c4ccccc4c4ccccc43)c12. The maximum absolute atomic E-state index is 3.77. The minimum atomic E-state index is 1.18. The molecular formula is C30H18N2. The number of nitrogens with one attached hydrogen (secondary N) is 1. The number of para-hydroxylation sites is 2. The first kappa shape index (κ1) is 16.4. The molecule has 32 heavy (non-hydrogen) atoms. The molecular weight excluding hydrogens is 388 g/mol. The van der Waals surface area contributed by atoms with Gasteiger partial charge in [0.25, 0.3) is 0 Å². The Morgan fingerprint density at radius 3 is 1.94 bits per heavy atom. The molecule has 0 spiro atoms. The zero-order valence-corrected chi connectivity index (χ0v) is 17.3. The van der Waals surface area contributed by atoms with Crippen molar-refractivity contribution in [3.8, 4) is 28.1 Å². The Morgan fingerprint density at radius 1 is 0.531 bits per heavy atom. The van der Waals surface area contributed by atoms with E-state index in [1.807, 2.05) is 0 Å². The highest BCUT2D eigenvalue weighted by Crippen LogP contribution is 2.51. The van der Waals surface area contributed by atoms with Crippen molar-refractivity contribution in [3.05, 3.63) is 103 Å². The second-order valence-electron chi connectivity index (χ2n) is 8.65. The van der Waals surface area contributed by atoms with Crippen molar-refractivity contribution in [2.45, 2.75) is 0 Å². The lowest BCUT2D eigenvalue weighted by Crippen LogP contribution is -1.95. The third-order valence-corrected chi connectivity index (χ3v) is 7.07. The summed E-state index contributed by atoms with van der Waals surface area (Å²) in [5, 5.41) is 6.52. The first-order valence-corrected chi connectivity index (χ1v) is 11.1. The van der Waals surface area contributed by atoms with E-state index in [0.717, 1.165) is 0 Å². The van der Waals surface area contributed by atoms with Crippen molar-refractivity contribution in [2.24, 2.45) is 0 Å². The van der Waals surface area contributed by atoms with Crippen LogP contribution in [0.1, 0.15) is 0 Å². The summed E-state index contributed by atoms with van der Waals surface area (Å²) >= 11 is 0. The van der Waals surface area contributed by atoms with Crippen LogP contribution >= 0.6 is 0 Å². The van der Waals surface area contributed by atoms with Crippen molar-refractivity contribution in [3.63, 3.8) is 0 Å². The Labute approximate surface area is 184 Å². The molecule has 148 valence electrons. The molecule has 0 unspecified atom stereocenters. The number of fused-ring (bicyclic) bond motifs is 8. The van der Waals surface area contributed by atoms with E-state index in [1.54, 1.807) is 0 Å². The van der Waals surface area contributed by atoms with Crippen LogP contribution in [-0.4, -0.2) is 9.55 Å². The molecule has 7 aromatic rings.